The fourth-order valence-corrected chi connectivity index (χ4v) is 2.24. The van der Waals surface area contributed by atoms with Crippen molar-refractivity contribution in [3.05, 3.63) is 29.8 Å². The van der Waals surface area contributed by atoms with Gasteiger partial charge in [0.1, 0.15) is 17.2 Å². The molecule has 1 amide bonds. The van der Waals surface area contributed by atoms with Crippen molar-refractivity contribution in [3.63, 3.8) is 0 Å². The number of rotatable bonds is 5. The summed E-state index contributed by atoms with van der Waals surface area (Å²) in [6.07, 6.45) is 0.275. The molecule has 6 heteroatoms. The lowest BCUT2D eigenvalue weighted by atomic mass is 10.3. The molecule has 102 valence electrons. The van der Waals surface area contributed by atoms with Gasteiger partial charge >= 0.3 is 0 Å². The summed E-state index contributed by atoms with van der Waals surface area (Å²) in [5.41, 5.74) is 0.967. The van der Waals surface area contributed by atoms with Gasteiger partial charge in [0.2, 0.25) is 5.91 Å². The van der Waals surface area contributed by atoms with Crippen LogP contribution in [-0.4, -0.2) is 22.0 Å². The summed E-state index contributed by atoms with van der Waals surface area (Å²) in [5.74, 6) is 0.341. The van der Waals surface area contributed by atoms with E-state index in [9.17, 15) is 9.18 Å². The lowest BCUT2D eigenvalue weighted by Gasteiger charge is -2.08. The first-order valence-corrected chi connectivity index (χ1v) is 6.67. The van der Waals surface area contributed by atoms with Gasteiger partial charge in [-0.3, -0.25) is 4.79 Å². The molecule has 1 heterocycles. The molecule has 19 heavy (non-hydrogen) atoms. The van der Waals surface area contributed by atoms with Crippen LogP contribution in [0.25, 0.3) is 11.0 Å². The fourth-order valence-electron chi connectivity index (χ4n) is 2.03. The number of carbonyl (C=O) groups excluding carboxylic acids is 1. The van der Waals surface area contributed by atoms with Crippen molar-refractivity contribution < 1.29 is 9.18 Å². The molecule has 0 saturated heterocycles. The third-order valence-electron chi connectivity index (χ3n) is 2.85. The maximum atomic E-state index is 13.9. The first kappa shape index (κ1) is 13.8. The predicted octanol–water partition coefficient (Wildman–Crippen LogP) is 2.44. The van der Waals surface area contributed by atoms with Crippen LogP contribution in [0.5, 0.6) is 0 Å². The second-order valence-corrected chi connectivity index (χ2v) is 4.39. The molecule has 0 spiro atoms. The summed E-state index contributed by atoms with van der Waals surface area (Å²) in [6.45, 7) is 2.81. The molecule has 0 radical (unpaired) electrons. The molecule has 4 nitrogen and oxygen atoms in total. The molecule has 0 aliphatic rings. The second-order valence-electron chi connectivity index (χ2n) is 4.12. The zero-order chi connectivity index (χ0) is 13.8. The molecule has 0 atom stereocenters. The number of benzene rings is 1. The van der Waals surface area contributed by atoms with E-state index in [0.29, 0.717) is 29.9 Å². The smallest absolute Gasteiger partial charge is 0.221 e. The fraction of sp³-hybridized carbons (Fsp3) is 0.385. The summed E-state index contributed by atoms with van der Waals surface area (Å²) in [7, 11) is 0. The molecule has 0 aliphatic carbocycles. The number of para-hydroxylation sites is 1. The number of hydrogen-bond donors (Lipinski definition) is 1. The normalized spacial score (nSPS) is 10.9. The average molecular weight is 284 g/mol. The maximum absolute atomic E-state index is 13.9. The molecule has 2 aromatic rings. The average Bonchev–Trinajstić information content (AvgIpc) is 2.76. The van der Waals surface area contributed by atoms with Crippen molar-refractivity contribution in [1.29, 1.82) is 0 Å². The first-order valence-electron chi connectivity index (χ1n) is 6.13. The number of alkyl halides is 1. The third-order valence-corrected chi connectivity index (χ3v) is 3.09. The standard InChI is InChI=1S/C13H15ClFN3O/c1-2-16-12(19)6-7-18-11(8-14)17-10-5-3-4-9(15)13(10)18/h3-5H,2,6-8H2,1H3,(H,16,19). The van der Waals surface area contributed by atoms with Crippen molar-refractivity contribution in [2.75, 3.05) is 6.54 Å². The summed E-state index contributed by atoms with van der Waals surface area (Å²) in [5, 5.41) is 2.71. The van der Waals surface area contributed by atoms with Gasteiger partial charge in [-0.15, -0.1) is 11.6 Å². The molecule has 0 aliphatic heterocycles. The summed E-state index contributed by atoms with van der Waals surface area (Å²) in [6, 6.07) is 4.72. The second kappa shape index (κ2) is 6.02. The Labute approximate surface area is 115 Å². The van der Waals surface area contributed by atoms with Crippen molar-refractivity contribution in [2.24, 2.45) is 0 Å². The number of fused-ring (bicyclic) bond motifs is 1. The molecular weight excluding hydrogens is 269 g/mol. The monoisotopic (exact) mass is 283 g/mol. The maximum Gasteiger partial charge on any atom is 0.221 e. The van der Waals surface area contributed by atoms with Crippen molar-refractivity contribution in [1.82, 2.24) is 14.9 Å². The van der Waals surface area contributed by atoms with Crippen LogP contribution in [0.2, 0.25) is 0 Å². The number of carbonyl (C=O) groups is 1. The Morgan fingerprint density at radius 2 is 2.32 bits per heavy atom. The molecule has 1 aromatic heterocycles. The van der Waals surface area contributed by atoms with Crippen LogP contribution in [0, 0.1) is 5.82 Å². The Kier molecular flexibility index (Phi) is 4.37. The van der Waals surface area contributed by atoms with Crippen molar-refractivity contribution >= 4 is 28.5 Å². The summed E-state index contributed by atoms with van der Waals surface area (Å²) >= 11 is 5.83. The number of nitrogens with one attached hydrogen (secondary N) is 1. The Bertz CT molecular complexity index is 597. The van der Waals surface area contributed by atoms with Crippen LogP contribution < -0.4 is 5.32 Å². The Hall–Kier alpha value is -1.62. The number of halogens is 2. The van der Waals surface area contributed by atoms with E-state index in [4.69, 9.17) is 11.6 Å². The van der Waals surface area contributed by atoms with Crippen LogP contribution in [0.4, 0.5) is 4.39 Å². The highest BCUT2D eigenvalue weighted by Crippen LogP contribution is 2.21. The van der Waals surface area contributed by atoms with Gasteiger partial charge in [-0.25, -0.2) is 9.37 Å². The van der Waals surface area contributed by atoms with Crippen LogP contribution >= 0.6 is 11.6 Å². The van der Waals surface area contributed by atoms with E-state index in [0.717, 1.165) is 0 Å². The van der Waals surface area contributed by atoms with Gasteiger partial charge in [-0.05, 0) is 19.1 Å². The molecule has 0 unspecified atom stereocenters. The number of aryl methyl sites for hydroxylation is 1. The van der Waals surface area contributed by atoms with Gasteiger partial charge in [0, 0.05) is 19.5 Å². The van der Waals surface area contributed by atoms with Crippen LogP contribution in [0.1, 0.15) is 19.2 Å². The molecule has 0 bridgehead atoms. The highest BCUT2D eigenvalue weighted by atomic mass is 35.5. The molecule has 0 fully saturated rings. The van der Waals surface area contributed by atoms with Crippen LogP contribution in [-0.2, 0) is 17.2 Å². The Morgan fingerprint density at radius 3 is 3.00 bits per heavy atom. The SMILES string of the molecule is CCNC(=O)CCn1c(CCl)nc2cccc(F)c21. The number of hydrogen-bond acceptors (Lipinski definition) is 2. The van der Waals surface area contributed by atoms with Gasteiger partial charge in [0.25, 0.3) is 0 Å². The first-order chi connectivity index (χ1) is 9.17. The van der Waals surface area contributed by atoms with E-state index in [-0.39, 0.29) is 24.0 Å². The summed E-state index contributed by atoms with van der Waals surface area (Å²) in [4.78, 5) is 15.8. The Morgan fingerprint density at radius 1 is 1.53 bits per heavy atom. The Balaban J connectivity index is 2.32. The quantitative estimate of drug-likeness (QED) is 0.857. The van der Waals surface area contributed by atoms with Crippen LogP contribution in [0.3, 0.4) is 0 Å². The highest BCUT2D eigenvalue weighted by Gasteiger charge is 2.14. The van der Waals surface area contributed by atoms with Gasteiger partial charge in [0.15, 0.2) is 0 Å². The molecular formula is C13H15ClFN3O. The number of aromatic nitrogens is 2. The largest absolute Gasteiger partial charge is 0.356 e. The lowest BCUT2D eigenvalue weighted by Crippen LogP contribution is -2.24. The van der Waals surface area contributed by atoms with E-state index in [1.165, 1.54) is 6.07 Å². The van der Waals surface area contributed by atoms with Crippen LogP contribution in [0.15, 0.2) is 18.2 Å². The van der Waals surface area contributed by atoms with Crippen molar-refractivity contribution in [3.8, 4) is 0 Å². The van der Waals surface area contributed by atoms with E-state index in [1.807, 2.05) is 6.92 Å². The number of amides is 1. The topological polar surface area (TPSA) is 46.9 Å². The molecule has 1 aromatic carbocycles. The van der Waals surface area contributed by atoms with Crippen molar-refractivity contribution in [2.45, 2.75) is 25.8 Å². The van der Waals surface area contributed by atoms with E-state index >= 15 is 0 Å². The third kappa shape index (κ3) is 2.87. The predicted molar refractivity (Wildman–Crippen MR) is 72.5 cm³/mol. The molecule has 0 saturated carbocycles. The van der Waals surface area contributed by atoms with E-state index in [1.54, 1.807) is 16.7 Å². The lowest BCUT2D eigenvalue weighted by molar-refractivity contribution is -0.121. The van der Waals surface area contributed by atoms with E-state index in [2.05, 4.69) is 10.3 Å². The van der Waals surface area contributed by atoms with E-state index < -0.39 is 0 Å². The van der Waals surface area contributed by atoms with Gasteiger partial charge in [-0.2, -0.15) is 0 Å². The minimum atomic E-state index is -0.350. The minimum Gasteiger partial charge on any atom is -0.356 e. The number of imidazole rings is 1. The molecule has 1 N–H and O–H groups in total. The van der Waals surface area contributed by atoms with Gasteiger partial charge in [0.05, 0.1) is 11.4 Å². The molecule has 2 rings (SSSR count). The van der Waals surface area contributed by atoms with Gasteiger partial charge in [-0.1, -0.05) is 6.07 Å². The van der Waals surface area contributed by atoms with Gasteiger partial charge < -0.3 is 9.88 Å². The number of nitrogens with zero attached hydrogens (tertiary/aromatic N) is 2. The highest BCUT2D eigenvalue weighted by molar-refractivity contribution is 6.16. The zero-order valence-corrected chi connectivity index (χ0v) is 11.4. The zero-order valence-electron chi connectivity index (χ0n) is 10.6. The minimum absolute atomic E-state index is 0.0683. The summed E-state index contributed by atoms with van der Waals surface area (Å²) < 4.78 is 15.5.